The quantitative estimate of drug-likeness (QED) is 0.578. The number of fused-ring (bicyclic) bond motifs is 1. The normalized spacial score (nSPS) is 18.1. The third kappa shape index (κ3) is 4.60. The predicted molar refractivity (Wildman–Crippen MR) is 117 cm³/mol. The summed E-state index contributed by atoms with van der Waals surface area (Å²) in [5, 5.41) is 2.12. The first-order valence-corrected chi connectivity index (χ1v) is 11.6. The Morgan fingerprint density at radius 2 is 1.77 bits per heavy atom. The molecule has 30 heavy (non-hydrogen) atoms. The van der Waals surface area contributed by atoms with Gasteiger partial charge in [-0.2, -0.15) is 0 Å². The summed E-state index contributed by atoms with van der Waals surface area (Å²) in [7, 11) is -3.14. The minimum Gasteiger partial charge on any atom is -0.331 e. The van der Waals surface area contributed by atoms with Crippen LogP contribution in [0.4, 0.5) is 4.39 Å². The van der Waals surface area contributed by atoms with Gasteiger partial charge in [-0.05, 0) is 46.5 Å². The Morgan fingerprint density at radius 3 is 2.50 bits per heavy atom. The second-order valence-corrected chi connectivity index (χ2v) is 9.77. The second-order valence-electron chi connectivity index (χ2n) is 7.55. The zero-order valence-corrected chi connectivity index (χ0v) is 17.2. The molecule has 6 heteroatoms. The average molecular weight is 424 g/mol. The van der Waals surface area contributed by atoms with Crippen molar-refractivity contribution in [1.29, 1.82) is 0 Å². The number of rotatable bonds is 5. The molecule has 0 saturated carbocycles. The van der Waals surface area contributed by atoms with Crippen LogP contribution in [0.25, 0.3) is 16.8 Å². The Hall–Kier alpha value is -2.99. The summed E-state index contributed by atoms with van der Waals surface area (Å²) in [6.07, 6.45) is 3.49. The molecule has 0 unspecified atom stereocenters. The van der Waals surface area contributed by atoms with E-state index >= 15 is 0 Å². The molecule has 1 atom stereocenters. The van der Waals surface area contributed by atoms with Crippen molar-refractivity contribution in [1.82, 2.24) is 4.90 Å². The van der Waals surface area contributed by atoms with E-state index in [9.17, 15) is 17.6 Å². The van der Waals surface area contributed by atoms with Crippen LogP contribution in [0, 0.1) is 5.82 Å². The average Bonchev–Trinajstić information content (AvgIpc) is 3.10. The van der Waals surface area contributed by atoms with E-state index in [0.29, 0.717) is 18.5 Å². The van der Waals surface area contributed by atoms with Crippen molar-refractivity contribution in [3.63, 3.8) is 0 Å². The first-order valence-electron chi connectivity index (χ1n) is 9.83. The lowest BCUT2D eigenvalue weighted by atomic mass is 10.0. The van der Waals surface area contributed by atoms with Crippen LogP contribution in [0.2, 0.25) is 0 Å². The fourth-order valence-electron chi connectivity index (χ4n) is 3.86. The molecule has 0 N–H and O–H groups in total. The molecule has 4 rings (SSSR count). The molecule has 1 aliphatic rings. The van der Waals surface area contributed by atoms with Crippen LogP contribution in [0.5, 0.6) is 0 Å². The second kappa shape index (κ2) is 8.40. The molecule has 0 bridgehead atoms. The van der Waals surface area contributed by atoms with Gasteiger partial charge in [-0.15, -0.1) is 0 Å². The molecule has 3 aromatic rings. The first-order chi connectivity index (χ1) is 14.4. The number of halogens is 1. The van der Waals surface area contributed by atoms with E-state index in [4.69, 9.17) is 0 Å². The highest BCUT2D eigenvalue weighted by Gasteiger charge is 2.34. The van der Waals surface area contributed by atoms with Gasteiger partial charge in [0, 0.05) is 18.7 Å². The van der Waals surface area contributed by atoms with Crippen LogP contribution in [-0.4, -0.2) is 36.8 Å². The van der Waals surface area contributed by atoms with Gasteiger partial charge in [-0.3, -0.25) is 4.79 Å². The number of hydrogen-bond acceptors (Lipinski definition) is 3. The molecule has 1 heterocycles. The van der Waals surface area contributed by atoms with E-state index in [1.165, 1.54) is 18.2 Å². The highest BCUT2D eigenvalue weighted by atomic mass is 32.2. The largest absolute Gasteiger partial charge is 0.331 e. The first kappa shape index (κ1) is 20.3. The number of nitrogens with zero attached hydrogens (tertiary/aromatic N) is 1. The molecule has 1 amide bonds. The van der Waals surface area contributed by atoms with Crippen molar-refractivity contribution in [3.8, 4) is 0 Å². The van der Waals surface area contributed by atoms with Crippen LogP contribution >= 0.6 is 0 Å². The maximum absolute atomic E-state index is 13.1. The molecular weight excluding hydrogens is 401 g/mol. The van der Waals surface area contributed by atoms with E-state index in [-0.39, 0.29) is 29.3 Å². The summed E-state index contributed by atoms with van der Waals surface area (Å²) in [4.78, 5) is 14.7. The number of hydrogen-bond donors (Lipinski definition) is 0. The predicted octanol–water partition coefficient (Wildman–Crippen LogP) is 4.21. The van der Waals surface area contributed by atoms with Gasteiger partial charge in [0.2, 0.25) is 5.91 Å². The molecule has 154 valence electrons. The molecule has 1 saturated heterocycles. The monoisotopic (exact) mass is 423 g/mol. The summed E-state index contributed by atoms with van der Waals surface area (Å²) in [6, 6.07) is 19.4. The summed E-state index contributed by atoms with van der Waals surface area (Å²) in [5.41, 5.74) is 1.68. The molecule has 3 aromatic carbocycles. The maximum atomic E-state index is 13.1. The lowest BCUT2D eigenvalue weighted by molar-refractivity contribution is -0.128. The maximum Gasteiger partial charge on any atom is 0.247 e. The summed E-state index contributed by atoms with van der Waals surface area (Å²) in [6.45, 7) is 0.328. The van der Waals surface area contributed by atoms with Crippen LogP contribution in [0.15, 0.2) is 72.8 Å². The van der Waals surface area contributed by atoms with Gasteiger partial charge < -0.3 is 4.90 Å². The highest BCUT2D eigenvalue weighted by Crippen LogP contribution is 2.25. The molecule has 0 radical (unpaired) electrons. The van der Waals surface area contributed by atoms with Gasteiger partial charge in [0.05, 0.1) is 11.5 Å². The Kier molecular flexibility index (Phi) is 5.68. The Morgan fingerprint density at radius 1 is 1.03 bits per heavy atom. The summed E-state index contributed by atoms with van der Waals surface area (Å²) in [5.74, 6) is -0.520. The lowest BCUT2D eigenvalue weighted by Gasteiger charge is -2.28. The molecule has 0 aromatic heterocycles. The number of carbonyl (C=O) groups excluding carboxylic acids is 1. The van der Waals surface area contributed by atoms with Gasteiger partial charge in [0.15, 0.2) is 9.84 Å². The van der Waals surface area contributed by atoms with Crippen molar-refractivity contribution in [3.05, 3.63) is 89.8 Å². The molecule has 0 spiro atoms. The van der Waals surface area contributed by atoms with E-state index in [1.807, 2.05) is 42.5 Å². The number of carbonyl (C=O) groups is 1. The van der Waals surface area contributed by atoms with Crippen molar-refractivity contribution < 1.29 is 17.6 Å². The van der Waals surface area contributed by atoms with E-state index < -0.39 is 9.84 Å². The van der Waals surface area contributed by atoms with E-state index in [1.54, 1.807) is 23.1 Å². The molecule has 0 aliphatic carbocycles. The van der Waals surface area contributed by atoms with Gasteiger partial charge >= 0.3 is 0 Å². The van der Waals surface area contributed by atoms with Crippen molar-refractivity contribution in [2.75, 3.05) is 11.5 Å². The fourth-order valence-corrected chi connectivity index (χ4v) is 5.59. The smallest absolute Gasteiger partial charge is 0.247 e. The molecule has 1 fully saturated rings. The van der Waals surface area contributed by atoms with E-state index in [2.05, 4.69) is 0 Å². The van der Waals surface area contributed by atoms with Gasteiger partial charge in [-0.1, -0.05) is 54.6 Å². The van der Waals surface area contributed by atoms with Crippen LogP contribution in [-0.2, 0) is 21.2 Å². The Labute approximate surface area is 175 Å². The van der Waals surface area contributed by atoms with Crippen molar-refractivity contribution in [2.45, 2.75) is 19.0 Å². The number of amides is 1. The highest BCUT2D eigenvalue weighted by molar-refractivity contribution is 7.91. The molecule has 4 nitrogen and oxygen atoms in total. The lowest BCUT2D eigenvalue weighted by Crippen LogP contribution is -2.39. The van der Waals surface area contributed by atoms with Gasteiger partial charge in [0.25, 0.3) is 0 Å². The van der Waals surface area contributed by atoms with Crippen LogP contribution in [0.3, 0.4) is 0 Å². The molecular formula is C24H22FNO3S. The molecule has 1 aliphatic heterocycles. The standard InChI is InChI=1S/C24H22FNO3S/c25-21-11-8-18(9-12-21)10-13-24(27)26(22-14-15-30(28,29)17-22)16-20-6-3-5-19-4-1-2-7-23(19)20/h1-13,22H,14-17H2/b13-10+/t22-/m1/s1. The SMILES string of the molecule is O=C(/C=C/c1ccc(F)cc1)N(Cc1cccc2ccccc12)[C@@H]1CCS(=O)(=O)C1. The Bertz CT molecular complexity index is 1200. The van der Waals surface area contributed by atoms with E-state index in [0.717, 1.165) is 16.3 Å². The number of benzene rings is 3. The van der Waals surface area contributed by atoms with Gasteiger partial charge in [0.1, 0.15) is 5.82 Å². The minimum atomic E-state index is -3.14. The number of sulfone groups is 1. The van der Waals surface area contributed by atoms with Gasteiger partial charge in [-0.25, -0.2) is 12.8 Å². The third-order valence-electron chi connectivity index (χ3n) is 5.44. The zero-order valence-electron chi connectivity index (χ0n) is 16.4. The third-order valence-corrected chi connectivity index (χ3v) is 7.19. The minimum absolute atomic E-state index is 0.0199. The van der Waals surface area contributed by atoms with Crippen LogP contribution in [0.1, 0.15) is 17.5 Å². The van der Waals surface area contributed by atoms with Crippen LogP contribution < -0.4 is 0 Å². The Balaban J connectivity index is 1.64. The zero-order chi connectivity index (χ0) is 21.1. The van der Waals surface area contributed by atoms with Crippen molar-refractivity contribution >= 4 is 32.6 Å². The topological polar surface area (TPSA) is 54.5 Å². The fraction of sp³-hybridized carbons (Fsp3) is 0.208. The van der Waals surface area contributed by atoms with Crippen molar-refractivity contribution in [2.24, 2.45) is 0 Å². The summed E-state index contributed by atoms with van der Waals surface area (Å²) < 4.78 is 37.2. The summed E-state index contributed by atoms with van der Waals surface area (Å²) >= 11 is 0.